The molecule has 0 saturated carbocycles. The molecule has 0 amide bonds. The lowest BCUT2D eigenvalue weighted by atomic mass is 10.1. The van der Waals surface area contributed by atoms with E-state index in [-0.39, 0.29) is 22.8 Å². The molecule has 6 nitrogen and oxygen atoms in total. The van der Waals surface area contributed by atoms with Crippen LogP contribution in [0.2, 0.25) is 0 Å². The quantitative estimate of drug-likeness (QED) is 0.517. The molecule has 26 heavy (non-hydrogen) atoms. The van der Waals surface area contributed by atoms with E-state index in [4.69, 9.17) is 0 Å². The number of nitrogens with zero attached hydrogens (tertiary/aromatic N) is 2. The predicted octanol–water partition coefficient (Wildman–Crippen LogP) is 4.32. The van der Waals surface area contributed by atoms with E-state index in [0.29, 0.717) is 23.0 Å². The van der Waals surface area contributed by atoms with Gasteiger partial charge in [0.05, 0.1) is 22.0 Å². The number of azo groups is 1. The summed E-state index contributed by atoms with van der Waals surface area (Å²) in [4.78, 5) is 10.5. The summed E-state index contributed by atoms with van der Waals surface area (Å²) in [7, 11) is -3.53. The Balaban J connectivity index is 1.94. The van der Waals surface area contributed by atoms with Crippen molar-refractivity contribution in [3.8, 4) is 5.75 Å². The summed E-state index contributed by atoms with van der Waals surface area (Å²) in [6.07, 6.45) is 0.532. The summed E-state index contributed by atoms with van der Waals surface area (Å²) in [6.45, 7) is 0. The second-order valence-corrected chi connectivity index (χ2v) is 7.73. The van der Waals surface area contributed by atoms with Crippen molar-refractivity contribution in [3.05, 3.63) is 60.7 Å². The number of hydrogen-bond acceptors (Lipinski definition) is 6. The van der Waals surface area contributed by atoms with E-state index < -0.39 is 9.84 Å². The van der Waals surface area contributed by atoms with Gasteiger partial charge in [0.25, 0.3) is 0 Å². The zero-order chi connectivity index (χ0) is 18.6. The predicted molar refractivity (Wildman–Crippen MR) is 99.0 cm³/mol. The van der Waals surface area contributed by atoms with Gasteiger partial charge in [-0.2, -0.15) is 5.11 Å². The van der Waals surface area contributed by atoms with Crippen LogP contribution in [0.4, 0.5) is 11.4 Å². The standard InChI is InChI=1S/C19H16N2O4S/c22-11-4-12-26(24,25)15-6-3-5-14(13-15)20-21-18-9-10-19(23)17-8-2-1-7-16(17)18/h1-3,5-11,13,23H,4,12H2. The van der Waals surface area contributed by atoms with Crippen LogP contribution in [0.1, 0.15) is 6.42 Å². The van der Waals surface area contributed by atoms with Crippen LogP contribution in [-0.2, 0) is 14.6 Å². The maximum absolute atomic E-state index is 12.2. The van der Waals surface area contributed by atoms with Crippen molar-refractivity contribution in [2.24, 2.45) is 10.2 Å². The first-order valence-electron chi connectivity index (χ1n) is 7.90. The second kappa shape index (κ2) is 7.45. The normalized spacial score (nSPS) is 11.8. The Morgan fingerprint density at radius 3 is 2.46 bits per heavy atom. The smallest absolute Gasteiger partial charge is 0.178 e. The van der Waals surface area contributed by atoms with E-state index in [2.05, 4.69) is 10.2 Å². The molecule has 0 aliphatic carbocycles. The Labute approximate surface area is 150 Å². The van der Waals surface area contributed by atoms with Crippen molar-refractivity contribution in [2.75, 3.05) is 5.75 Å². The van der Waals surface area contributed by atoms with Crippen molar-refractivity contribution in [3.63, 3.8) is 0 Å². The second-order valence-electron chi connectivity index (χ2n) is 5.62. The Morgan fingerprint density at radius 1 is 0.923 bits per heavy atom. The molecule has 0 bridgehead atoms. The fourth-order valence-corrected chi connectivity index (χ4v) is 3.75. The van der Waals surface area contributed by atoms with Crippen LogP contribution in [0.3, 0.4) is 0 Å². The molecule has 0 aromatic heterocycles. The van der Waals surface area contributed by atoms with Gasteiger partial charge in [0.1, 0.15) is 12.0 Å². The van der Waals surface area contributed by atoms with Crippen LogP contribution in [0.15, 0.2) is 75.8 Å². The number of carbonyl (C=O) groups excluding carboxylic acids is 1. The number of phenols is 1. The third kappa shape index (κ3) is 3.78. The van der Waals surface area contributed by atoms with Gasteiger partial charge < -0.3 is 9.90 Å². The molecular weight excluding hydrogens is 352 g/mol. The minimum atomic E-state index is -3.53. The van der Waals surface area contributed by atoms with Gasteiger partial charge in [-0.3, -0.25) is 0 Å². The summed E-state index contributed by atoms with van der Waals surface area (Å²) in [5.41, 5.74) is 0.946. The van der Waals surface area contributed by atoms with Crippen molar-refractivity contribution >= 4 is 38.3 Å². The molecule has 3 rings (SSSR count). The highest BCUT2D eigenvalue weighted by Crippen LogP contribution is 2.33. The molecule has 0 saturated heterocycles. The lowest BCUT2D eigenvalue weighted by Gasteiger charge is -2.04. The number of phenolic OH excluding ortho intramolecular Hbond substituents is 1. The third-order valence-corrected chi connectivity index (χ3v) is 5.58. The number of hydrogen-bond donors (Lipinski definition) is 1. The van der Waals surface area contributed by atoms with Gasteiger partial charge in [0.2, 0.25) is 0 Å². The molecule has 0 spiro atoms. The zero-order valence-corrected chi connectivity index (χ0v) is 14.6. The van der Waals surface area contributed by atoms with Crippen molar-refractivity contribution in [1.82, 2.24) is 0 Å². The van der Waals surface area contributed by atoms with Gasteiger partial charge in [0.15, 0.2) is 9.84 Å². The minimum Gasteiger partial charge on any atom is -0.507 e. The fourth-order valence-electron chi connectivity index (χ4n) is 2.53. The lowest BCUT2D eigenvalue weighted by Crippen LogP contribution is -2.06. The molecule has 132 valence electrons. The number of rotatable bonds is 6. The number of aldehydes is 1. The highest BCUT2D eigenvalue weighted by atomic mass is 32.2. The van der Waals surface area contributed by atoms with Gasteiger partial charge in [-0.05, 0) is 30.3 Å². The van der Waals surface area contributed by atoms with Gasteiger partial charge in [-0.15, -0.1) is 5.11 Å². The fraction of sp³-hybridized carbons (Fsp3) is 0.105. The molecule has 0 fully saturated rings. The number of aromatic hydroxyl groups is 1. The van der Waals surface area contributed by atoms with E-state index in [0.717, 1.165) is 5.39 Å². The van der Waals surface area contributed by atoms with E-state index in [1.54, 1.807) is 24.3 Å². The van der Waals surface area contributed by atoms with Crippen LogP contribution >= 0.6 is 0 Å². The lowest BCUT2D eigenvalue weighted by molar-refractivity contribution is -0.107. The summed E-state index contributed by atoms with van der Waals surface area (Å²) in [5, 5.41) is 19.6. The summed E-state index contributed by atoms with van der Waals surface area (Å²) >= 11 is 0. The Morgan fingerprint density at radius 2 is 1.69 bits per heavy atom. The van der Waals surface area contributed by atoms with Crippen LogP contribution < -0.4 is 0 Å². The molecule has 7 heteroatoms. The Hall–Kier alpha value is -3.06. The van der Waals surface area contributed by atoms with Crippen LogP contribution in [-0.4, -0.2) is 25.6 Å². The first kappa shape index (κ1) is 17.8. The highest BCUT2D eigenvalue weighted by Gasteiger charge is 2.14. The number of sulfone groups is 1. The summed E-state index contributed by atoms with van der Waals surface area (Å²) in [6, 6.07) is 16.6. The van der Waals surface area contributed by atoms with Gasteiger partial charge in [0, 0.05) is 17.2 Å². The molecule has 0 aliphatic rings. The van der Waals surface area contributed by atoms with Crippen LogP contribution in [0.5, 0.6) is 5.75 Å². The number of fused-ring (bicyclic) bond motifs is 1. The molecule has 0 heterocycles. The molecular formula is C19H16N2O4S. The van der Waals surface area contributed by atoms with Gasteiger partial charge in [-0.25, -0.2) is 8.42 Å². The molecule has 1 N–H and O–H groups in total. The van der Waals surface area contributed by atoms with Crippen molar-refractivity contribution in [2.45, 2.75) is 11.3 Å². The van der Waals surface area contributed by atoms with Gasteiger partial charge >= 0.3 is 0 Å². The first-order valence-corrected chi connectivity index (χ1v) is 9.55. The van der Waals surface area contributed by atoms with Crippen LogP contribution in [0, 0.1) is 0 Å². The van der Waals surface area contributed by atoms with Gasteiger partial charge in [-0.1, -0.05) is 30.3 Å². The monoisotopic (exact) mass is 368 g/mol. The van der Waals surface area contributed by atoms with E-state index >= 15 is 0 Å². The van der Waals surface area contributed by atoms with Crippen molar-refractivity contribution < 1.29 is 18.3 Å². The maximum atomic E-state index is 12.2. The summed E-state index contributed by atoms with van der Waals surface area (Å²) < 4.78 is 24.3. The Kier molecular flexibility index (Phi) is 5.09. The average molecular weight is 368 g/mol. The number of carbonyl (C=O) groups is 1. The van der Waals surface area contributed by atoms with E-state index in [1.807, 2.05) is 18.2 Å². The minimum absolute atomic E-state index is 0.0480. The molecule has 3 aromatic rings. The van der Waals surface area contributed by atoms with Crippen LogP contribution in [0.25, 0.3) is 10.8 Å². The molecule has 3 aromatic carbocycles. The van der Waals surface area contributed by atoms with E-state index in [9.17, 15) is 18.3 Å². The molecule has 0 unspecified atom stereocenters. The average Bonchev–Trinajstić information content (AvgIpc) is 2.66. The molecule has 0 radical (unpaired) electrons. The third-order valence-electron chi connectivity index (χ3n) is 3.83. The largest absolute Gasteiger partial charge is 0.507 e. The maximum Gasteiger partial charge on any atom is 0.178 e. The highest BCUT2D eigenvalue weighted by molar-refractivity contribution is 7.91. The molecule has 0 atom stereocenters. The SMILES string of the molecule is O=CCCS(=O)(=O)c1cccc(N=Nc2ccc(O)c3ccccc23)c1. The number of benzene rings is 3. The zero-order valence-electron chi connectivity index (χ0n) is 13.7. The first-order chi connectivity index (χ1) is 12.5. The Bertz CT molecular complexity index is 1090. The van der Waals surface area contributed by atoms with E-state index in [1.165, 1.54) is 18.2 Å². The summed E-state index contributed by atoms with van der Waals surface area (Å²) in [5.74, 6) is -0.0810. The molecule has 0 aliphatic heterocycles. The van der Waals surface area contributed by atoms with Crippen molar-refractivity contribution in [1.29, 1.82) is 0 Å². The topological polar surface area (TPSA) is 96.2 Å².